The van der Waals surface area contributed by atoms with E-state index in [0.717, 1.165) is 37.6 Å². The Hall–Kier alpha value is -2.96. The molecule has 3 heterocycles. The topological polar surface area (TPSA) is 47.9 Å². The Labute approximate surface area is 189 Å². The lowest BCUT2D eigenvalue weighted by atomic mass is 10.1. The number of rotatable bonds is 5. The van der Waals surface area contributed by atoms with Crippen molar-refractivity contribution in [2.24, 2.45) is 0 Å². The fourth-order valence-corrected chi connectivity index (χ4v) is 5.45. The van der Waals surface area contributed by atoms with Crippen LogP contribution in [-0.2, 0) is 5.75 Å². The number of thioether (sulfide) groups is 1. The zero-order valence-electron chi connectivity index (χ0n) is 17.5. The molecular weight excluding hydrogens is 422 g/mol. The van der Waals surface area contributed by atoms with Crippen LogP contribution in [0.2, 0.25) is 0 Å². The molecule has 0 bridgehead atoms. The van der Waals surface area contributed by atoms with Gasteiger partial charge in [0.1, 0.15) is 15.3 Å². The van der Waals surface area contributed by atoms with Crippen LogP contribution in [0.15, 0.2) is 65.8 Å². The normalized spacial score (nSPS) is 11.3. The van der Waals surface area contributed by atoms with Crippen molar-refractivity contribution in [3.05, 3.63) is 83.0 Å². The summed E-state index contributed by atoms with van der Waals surface area (Å²) in [5.41, 5.74) is 5.59. The SMILES string of the molecule is Cc1ccc(CSc2nc(Oc3ccccc3)c3sc4nc(C)cc(C)c4c3n2)cc1. The number of para-hydroxylation sites is 1. The van der Waals surface area contributed by atoms with Crippen molar-refractivity contribution in [1.29, 1.82) is 0 Å². The second-order valence-corrected chi connectivity index (χ2v) is 9.48. The Morgan fingerprint density at radius 1 is 0.903 bits per heavy atom. The van der Waals surface area contributed by atoms with Gasteiger partial charge in [0.2, 0.25) is 5.88 Å². The van der Waals surface area contributed by atoms with Crippen LogP contribution in [0.3, 0.4) is 0 Å². The second-order valence-electron chi connectivity index (χ2n) is 7.54. The van der Waals surface area contributed by atoms with Crippen molar-refractivity contribution in [3.63, 3.8) is 0 Å². The molecule has 0 amide bonds. The van der Waals surface area contributed by atoms with E-state index in [2.05, 4.69) is 44.2 Å². The molecule has 0 unspecified atom stereocenters. The average Bonchev–Trinajstić information content (AvgIpc) is 3.13. The number of fused-ring (bicyclic) bond motifs is 3. The molecule has 5 aromatic rings. The van der Waals surface area contributed by atoms with Crippen LogP contribution in [0.25, 0.3) is 20.4 Å². The Bertz CT molecular complexity index is 1380. The van der Waals surface area contributed by atoms with Gasteiger partial charge >= 0.3 is 0 Å². The molecule has 5 rings (SSSR count). The number of ether oxygens (including phenoxy) is 1. The molecule has 4 nitrogen and oxygen atoms in total. The van der Waals surface area contributed by atoms with Gasteiger partial charge in [0, 0.05) is 16.8 Å². The number of aromatic nitrogens is 3. The fraction of sp³-hybridized carbons (Fsp3) is 0.160. The molecule has 0 aliphatic heterocycles. The minimum absolute atomic E-state index is 0.586. The number of hydrogen-bond acceptors (Lipinski definition) is 6. The highest BCUT2D eigenvalue weighted by atomic mass is 32.2. The van der Waals surface area contributed by atoms with Crippen molar-refractivity contribution in [2.75, 3.05) is 0 Å². The van der Waals surface area contributed by atoms with Crippen LogP contribution < -0.4 is 4.74 Å². The van der Waals surface area contributed by atoms with E-state index < -0.39 is 0 Å². The van der Waals surface area contributed by atoms with Crippen LogP contribution in [0.4, 0.5) is 0 Å². The standard InChI is InChI=1S/C25H21N3OS2/c1-15-9-11-18(12-10-15)14-30-25-27-21-20-16(2)13-17(3)26-24(20)31-22(21)23(28-25)29-19-7-5-4-6-8-19/h4-13H,14H2,1-3H3. The van der Waals surface area contributed by atoms with E-state index in [1.54, 1.807) is 23.1 Å². The smallest absolute Gasteiger partial charge is 0.241 e. The Balaban J connectivity index is 1.61. The minimum Gasteiger partial charge on any atom is -0.437 e. The van der Waals surface area contributed by atoms with E-state index >= 15 is 0 Å². The molecule has 0 N–H and O–H groups in total. The summed E-state index contributed by atoms with van der Waals surface area (Å²) in [5, 5.41) is 1.79. The first-order valence-corrected chi connectivity index (χ1v) is 11.9. The number of pyridine rings is 1. The van der Waals surface area contributed by atoms with Gasteiger partial charge in [0.05, 0.1) is 5.52 Å². The third-order valence-corrected chi connectivity index (χ3v) is 6.99. The van der Waals surface area contributed by atoms with Gasteiger partial charge in [-0.2, -0.15) is 4.98 Å². The summed E-state index contributed by atoms with van der Waals surface area (Å²) in [7, 11) is 0. The summed E-state index contributed by atoms with van der Waals surface area (Å²) >= 11 is 3.21. The lowest BCUT2D eigenvalue weighted by molar-refractivity contribution is 0.464. The summed E-state index contributed by atoms with van der Waals surface area (Å²) in [5.74, 6) is 2.15. The quantitative estimate of drug-likeness (QED) is 0.211. The van der Waals surface area contributed by atoms with Crippen molar-refractivity contribution in [2.45, 2.75) is 31.7 Å². The minimum atomic E-state index is 0.586. The van der Waals surface area contributed by atoms with Gasteiger partial charge in [-0.25, -0.2) is 9.97 Å². The van der Waals surface area contributed by atoms with Crippen molar-refractivity contribution in [1.82, 2.24) is 15.0 Å². The monoisotopic (exact) mass is 443 g/mol. The molecule has 154 valence electrons. The lowest BCUT2D eigenvalue weighted by Gasteiger charge is -2.08. The first-order chi connectivity index (χ1) is 15.1. The average molecular weight is 444 g/mol. The highest BCUT2D eigenvalue weighted by Crippen LogP contribution is 2.40. The highest BCUT2D eigenvalue weighted by Gasteiger charge is 2.18. The number of thiophene rings is 1. The van der Waals surface area contributed by atoms with Crippen LogP contribution in [0.1, 0.15) is 22.4 Å². The van der Waals surface area contributed by atoms with Gasteiger partial charge in [-0.3, -0.25) is 0 Å². The van der Waals surface area contributed by atoms with E-state index in [0.29, 0.717) is 11.0 Å². The molecule has 0 aliphatic carbocycles. The second kappa shape index (κ2) is 8.29. The lowest BCUT2D eigenvalue weighted by Crippen LogP contribution is -1.94. The van der Waals surface area contributed by atoms with Crippen LogP contribution in [0.5, 0.6) is 11.6 Å². The van der Waals surface area contributed by atoms with Crippen LogP contribution >= 0.6 is 23.1 Å². The van der Waals surface area contributed by atoms with Gasteiger partial charge in [-0.1, -0.05) is 59.8 Å². The van der Waals surface area contributed by atoms with Crippen molar-refractivity contribution >= 4 is 43.5 Å². The molecule has 0 saturated heterocycles. The fourth-order valence-electron chi connectivity index (χ4n) is 3.50. The summed E-state index contributed by atoms with van der Waals surface area (Å²) in [6.45, 7) is 6.23. The first kappa shape index (κ1) is 20.0. The predicted octanol–water partition coefficient (Wildman–Crippen LogP) is 7.25. The van der Waals surface area contributed by atoms with Gasteiger partial charge in [0.25, 0.3) is 0 Å². The van der Waals surface area contributed by atoms with Gasteiger partial charge in [-0.15, -0.1) is 11.3 Å². The molecule has 2 aromatic carbocycles. The number of nitrogens with zero attached hydrogens (tertiary/aromatic N) is 3. The Kier molecular flexibility index (Phi) is 5.34. The zero-order chi connectivity index (χ0) is 21.4. The maximum Gasteiger partial charge on any atom is 0.241 e. The molecule has 3 aromatic heterocycles. The van der Waals surface area contributed by atoms with Gasteiger partial charge in [0.15, 0.2) is 5.16 Å². The molecule has 0 saturated carbocycles. The van der Waals surface area contributed by atoms with Gasteiger partial charge < -0.3 is 4.74 Å². The third-order valence-electron chi connectivity index (χ3n) is 5.01. The van der Waals surface area contributed by atoms with E-state index in [1.807, 2.05) is 37.3 Å². The number of aryl methyl sites for hydroxylation is 3. The zero-order valence-corrected chi connectivity index (χ0v) is 19.2. The molecular formula is C25H21N3OS2. The van der Waals surface area contributed by atoms with E-state index in [9.17, 15) is 0 Å². The third kappa shape index (κ3) is 4.13. The van der Waals surface area contributed by atoms with Crippen molar-refractivity contribution < 1.29 is 4.74 Å². The molecule has 0 radical (unpaired) electrons. The van der Waals surface area contributed by atoms with E-state index in [1.165, 1.54) is 16.7 Å². The van der Waals surface area contributed by atoms with E-state index in [-0.39, 0.29) is 0 Å². The highest BCUT2D eigenvalue weighted by molar-refractivity contribution is 7.98. The maximum absolute atomic E-state index is 6.22. The van der Waals surface area contributed by atoms with Crippen LogP contribution in [-0.4, -0.2) is 15.0 Å². The summed E-state index contributed by atoms with van der Waals surface area (Å²) in [6, 6.07) is 20.4. The molecule has 0 fully saturated rings. The summed E-state index contributed by atoms with van der Waals surface area (Å²) in [4.78, 5) is 15.4. The number of hydrogen-bond donors (Lipinski definition) is 0. The summed E-state index contributed by atoms with van der Waals surface area (Å²) in [6.07, 6.45) is 0. The predicted molar refractivity (Wildman–Crippen MR) is 129 cm³/mol. The molecule has 31 heavy (non-hydrogen) atoms. The maximum atomic E-state index is 6.22. The Morgan fingerprint density at radius 3 is 2.45 bits per heavy atom. The van der Waals surface area contributed by atoms with Crippen LogP contribution in [0, 0.1) is 20.8 Å². The Morgan fingerprint density at radius 2 is 1.68 bits per heavy atom. The van der Waals surface area contributed by atoms with Gasteiger partial charge in [-0.05, 0) is 50.1 Å². The molecule has 0 atom stereocenters. The molecule has 6 heteroatoms. The van der Waals surface area contributed by atoms with Crippen molar-refractivity contribution in [3.8, 4) is 11.6 Å². The largest absolute Gasteiger partial charge is 0.437 e. The molecule has 0 aliphatic rings. The number of benzene rings is 2. The summed E-state index contributed by atoms with van der Waals surface area (Å²) < 4.78 is 7.15. The molecule has 0 spiro atoms. The first-order valence-electron chi connectivity index (χ1n) is 10.1. The van der Waals surface area contributed by atoms with E-state index in [4.69, 9.17) is 19.7 Å².